The number of piperidine rings is 1. The molecule has 1 aliphatic heterocycles. The summed E-state index contributed by atoms with van der Waals surface area (Å²) >= 11 is 0. The molecule has 2 aliphatic rings. The SMILES string of the molecule is CCC1CCCCC1N1CCC(=O)CC1C. The zero-order valence-corrected chi connectivity index (χ0v) is 10.7. The number of hydrogen-bond donors (Lipinski definition) is 0. The maximum Gasteiger partial charge on any atom is 0.135 e. The van der Waals surface area contributed by atoms with Gasteiger partial charge in [0.25, 0.3) is 0 Å². The van der Waals surface area contributed by atoms with Crippen molar-refractivity contribution in [2.45, 2.75) is 70.9 Å². The van der Waals surface area contributed by atoms with Crippen molar-refractivity contribution in [3.8, 4) is 0 Å². The number of carbonyl (C=O) groups excluding carboxylic acids is 1. The Morgan fingerprint density at radius 2 is 2.06 bits per heavy atom. The van der Waals surface area contributed by atoms with Crippen LogP contribution in [-0.4, -0.2) is 29.3 Å². The molecule has 0 aromatic carbocycles. The lowest BCUT2D eigenvalue weighted by Crippen LogP contribution is -2.51. The highest BCUT2D eigenvalue weighted by atomic mass is 16.1. The van der Waals surface area contributed by atoms with Gasteiger partial charge >= 0.3 is 0 Å². The molecule has 92 valence electrons. The maximum atomic E-state index is 11.4. The van der Waals surface area contributed by atoms with Crippen LogP contribution < -0.4 is 0 Å². The minimum absolute atomic E-state index is 0.465. The molecule has 0 aromatic heterocycles. The summed E-state index contributed by atoms with van der Waals surface area (Å²) in [5, 5.41) is 0. The lowest BCUT2D eigenvalue weighted by molar-refractivity contribution is -0.124. The fourth-order valence-corrected chi connectivity index (χ4v) is 3.62. The zero-order chi connectivity index (χ0) is 11.5. The van der Waals surface area contributed by atoms with Crippen LogP contribution in [0.25, 0.3) is 0 Å². The van der Waals surface area contributed by atoms with Gasteiger partial charge in [0.15, 0.2) is 0 Å². The Morgan fingerprint density at radius 1 is 1.31 bits per heavy atom. The average molecular weight is 223 g/mol. The molecule has 0 aromatic rings. The minimum Gasteiger partial charge on any atom is -0.300 e. The number of ketones is 1. The van der Waals surface area contributed by atoms with E-state index in [1.165, 1.54) is 32.1 Å². The highest BCUT2D eigenvalue weighted by molar-refractivity contribution is 5.79. The van der Waals surface area contributed by atoms with Gasteiger partial charge in [0.1, 0.15) is 5.78 Å². The van der Waals surface area contributed by atoms with E-state index < -0.39 is 0 Å². The molecule has 3 unspecified atom stereocenters. The number of carbonyl (C=O) groups is 1. The molecule has 2 nitrogen and oxygen atoms in total. The molecule has 0 bridgehead atoms. The van der Waals surface area contributed by atoms with Gasteiger partial charge in [0, 0.05) is 31.5 Å². The highest BCUT2D eigenvalue weighted by Gasteiger charge is 2.34. The van der Waals surface area contributed by atoms with Crippen LogP contribution in [0, 0.1) is 5.92 Å². The summed E-state index contributed by atoms with van der Waals surface area (Å²) in [5.74, 6) is 1.34. The van der Waals surface area contributed by atoms with Gasteiger partial charge in [-0.05, 0) is 25.7 Å². The molecule has 1 saturated heterocycles. The molecule has 2 rings (SSSR count). The van der Waals surface area contributed by atoms with Gasteiger partial charge in [0.05, 0.1) is 0 Å². The van der Waals surface area contributed by atoms with Crippen LogP contribution in [0.3, 0.4) is 0 Å². The molecule has 0 spiro atoms. The molecule has 1 heterocycles. The normalized spacial score (nSPS) is 37.6. The first-order chi connectivity index (χ1) is 7.72. The summed E-state index contributed by atoms with van der Waals surface area (Å²) in [6.07, 6.45) is 8.44. The monoisotopic (exact) mass is 223 g/mol. The number of Topliss-reactive ketones (excluding diaryl/α,β-unsaturated/α-hetero) is 1. The van der Waals surface area contributed by atoms with E-state index in [4.69, 9.17) is 0 Å². The van der Waals surface area contributed by atoms with E-state index in [9.17, 15) is 4.79 Å². The first-order valence-corrected chi connectivity index (χ1v) is 6.99. The second-order valence-electron chi connectivity index (χ2n) is 5.60. The third kappa shape index (κ3) is 2.48. The number of hydrogen-bond acceptors (Lipinski definition) is 2. The molecular formula is C14H25NO. The highest BCUT2D eigenvalue weighted by Crippen LogP contribution is 2.33. The summed E-state index contributed by atoms with van der Waals surface area (Å²) < 4.78 is 0. The van der Waals surface area contributed by atoms with Gasteiger partial charge < -0.3 is 0 Å². The van der Waals surface area contributed by atoms with Crippen molar-refractivity contribution in [2.75, 3.05) is 6.54 Å². The zero-order valence-electron chi connectivity index (χ0n) is 10.7. The lowest BCUT2D eigenvalue weighted by Gasteiger charge is -2.44. The van der Waals surface area contributed by atoms with Gasteiger partial charge in [-0.15, -0.1) is 0 Å². The van der Waals surface area contributed by atoms with E-state index in [0.717, 1.165) is 31.3 Å². The minimum atomic E-state index is 0.465. The molecular weight excluding hydrogens is 198 g/mol. The van der Waals surface area contributed by atoms with Crippen LogP contribution in [0.15, 0.2) is 0 Å². The van der Waals surface area contributed by atoms with Gasteiger partial charge in [-0.25, -0.2) is 0 Å². The van der Waals surface area contributed by atoms with Crippen molar-refractivity contribution in [1.82, 2.24) is 4.90 Å². The average Bonchev–Trinajstić information content (AvgIpc) is 2.29. The van der Waals surface area contributed by atoms with Crippen LogP contribution in [-0.2, 0) is 4.79 Å². The molecule has 1 saturated carbocycles. The molecule has 3 atom stereocenters. The molecule has 0 radical (unpaired) electrons. The third-order valence-corrected chi connectivity index (χ3v) is 4.56. The van der Waals surface area contributed by atoms with Crippen LogP contribution in [0.5, 0.6) is 0 Å². The van der Waals surface area contributed by atoms with E-state index in [1.54, 1.807) is 0 Å². The summed E-state index contributed by atoms with van der Waals surface area (Å²) in [7, 11) is 0. The van der Waals surface area contributed by atoms with Crippen molar-refractivity contribution in [1.29, 1.82) is 0 Å². The fraction of sp³-hybridized carbons (Fsp3) is 0.929. The summed E-state index contributed by atoms with van der Waals surface area (Å²) in [4.78, 5) is 14.1. The largest absolute Gasteiger partial charge is 0.300 e. The molecule has 2 fully saturated rings. The van der Waals surface area contributed by atoms with Crippen LogP contribution in [0.4, 0.5) is 0 Å². The van der Waals surface area contributed by atoms with Crippen molar-refractivity contribution >= 4 is 5.78 Å². The molecule has 1 aliphatic carbocycles. The first kappa shape index (κ1) is 12.1. The predicted molar refractivity (Wildman–Crippen MR) is 66.4 cm³/mol. The second-order valence-corrected chi connectivity index (χ2v) is 5.60. The van der Waals surface area contributed by atoms with E-state index in [1.807, 2.05) is 0 Å². The molecule has 2 heteroatoms. The topological polar surface area (TPSA) is 20.3 Å². The Hall–Kier alpha value is -0.370. The van der Waals surface area contributed by atoms with Gasteiger partial charge in [-0.2, -0.15) is 0 Å². The van der Waals surface area contributed by atoms with E-state index in [-0.39, 0.29) is 0 Å². The van der Waals surface area contributed by atoms with Crippen molar-refractivity contribution in [3.63, 3.8) is 0 Å². The first-order valence-electron chi connectivity index (χ1n) is 6.99. The van der Waals surface area contributed by atoms with Crippen LogP contribution in [0.1, 0.15) is 58.8 Å². The van der Waals surface area contributed by atoms with Gasteiger partial charge in [-0.3, -0.25) is 9.69 Å². The van der Waals surface area contributed by atoms with Crippen LogP contribution >= 0.6 is 0 Å². The molecule has 0 amide bonds. The van der Waals surface area contributed by atoms with E-state index in [0.29, 0.717) is 11.8 Å². The van der Waals surface area contributed by atoms with Crippen molar-refractivity contribution in [3.05, 3.63) is 0 Å². The number of nitrogens with zero attached hydrogens (tertiary/aromatic N) is 1. The standard InChI is InChI=1S/C14H25NO/c1-3-12-6-4-5-7-14(12)15-9-8-13(16)10-11(15)2/h11-12,14H,3-10H2,1-2H3. The van der Waals surface area contributed by atoms with Gasteiger partial charge in [0.2, 0.25) is 0 Å². The maximum absolute atomic E-state index is 11.4. The summed E-state index contributed by atoms with van der Waals surface area (Å²) in [6.45, 7) is 5.57. The summed E-state index contributed by atoms with van der Waals surface area (Å²) in [6, 6.07) is 1.25. The van der Waals surface area contributed by atoms with E-state index in [2.05, 4.69) is 18.7 Å². The van der Waals surface area contributed by atoms with Gasteiger partial charge in [-0.1, -0.05) is 26.2 Å². The number of likely N-dealkylation sites (tertiary alicyclic amines) is 1. The predicted octanol–water partition coefficient (Wildman–Crippen LogP) is 3.01. The third-order valence-electron chi connectivity index (χ3n) is 4.56. The molecule has 16 heavy (non-hydrogen) atoms. The Kier molecular flexibility index (Phi) is 4.01. The Balaban J connectivity index is 2.01. The smallest absolute Gasteiger partial charge is 0.135 e. The van der Waals surface area contributed by atoms with Crippen molar-refractivity contribution < 1.29 is 4.79 Å². The fourth-order valence-electron chi connectivity index (χ4n) is 3.62. The van der Waals surface area contributed by atoms with Crippen LogP contribution in [0.2, 0.25) is 0 Å². The molecule has 0 N–H and O–H groups in total. The lowest BCUT2D eigenvalue weighted by atomic mass is 9.80. The second kappa shape index (κ2) is 5.31. The Bertz CT molecular complexity index is 251. The van der Waals surface area contributed by atoms with Crippen molar-refractivity contribution in [2.24, 2.45) is 5.92 Å². The summed E-state index contributed by atoms with van der Waals surface area (Å²) in [5.41, 5.74) is 0. The quantitative estimate of drug-likeness (QED) is 0.717. The number of rotatable bonds is 2. The Labute approximate surface area is 99.4 Å². The Morgan fingerprint density at radius 3 is 2.75 bits per heavy atom. The van der Waals surface area contributed by atoms with E-state index >= 15 is 0 Å².